The first-order chi connectivity index (χ1) is 8.72. The standard InChI is InChI=1S/C12H16F2N2S2/c13-9-2-1-3-10(14)8(9)6-11(16-15)12-7-17-4-5-18-12/h1-3,11-12,16H,4-7,15H2. The first kappa shape index (κ1) is 14.1. The summed E-state index contributed by atoms with van der Waals surface area (Å²) >= 11 is 3.68. The maximum absolute atomic E-state index is 13.6. The maximum Gasteiger partial charge on any atom is 0.129 e. The predicted octanol–water partition coefficient (Wildman–Crippen LogP) is 2.19. The molecule has 1 heterocycles. The lowest BCUT2D eigenvalue weighted by Crippen LogP contribution is -2.46. The summed E-state index contributed by atoms with van der Waals surface area (Å²) < 4.78 is 27.2. The second kappa shape index (κ2) is 6.75. The smallest absolute Gasteiger partial charge is 0.129 e. The molecule has 0 radical (unpaired) electrons. The third kappa shape index (κ3) is 3.38. The maximum atomic E-state index is 13.6. The number of hydrazine groups is 1. The molecular formula is C12H16F2N2S2. The SMILES string of the molecule is NNC(Cc1c(F)cccc1F)C1CSCCS1. The number of nitrogens with two attached hydrogens (primary N) is 1. The van der Waals surface area contributed by atoms with E-state index in [4.69, 9.17) is 5.84 Å². The zero-order chi connectivity index (χ0) is 13.0. The highest BCUT2D eigenvalue weighted by Crippen LogP contribution is 2.28. The molecule has 0 aliphatic carbocycles. The molecule has 0 aromatic heterocycles. The number of rotatable bonds is 4. The van der Waals surface area contributed by atoms with Crippen molar-refractivity contribution in [3.05, 3.63) is 35.4 Å². The van der Waals surface area contributed by atoms with Crippen LogP contribution in [0.4, 0.5) is 8.78 Å². The monoisotopic (exact) mass is 290 g/mol. The van der Waals surface area contributed by atoms with Gasteiger partial charge in [0.15, 0.2) is 0 Å². The molecule has 2 rings (SSSR count). The van der Waals surface area contributed by atoms with Crippen molar-refractivity contribution in [1.82, 2.24) is 5.43 Å². The van der Waals surface area contributed by atoms with Crippen molar-refractivity contribution >= 4 is 23.5 Å². The Hall–Kier alpha value is -0.300. The second-order valence-corrected chi connectivity index (χ2v) is 6.66. The van der Waals surface area contributed by atoms with Gasteiger partial charge in [0, 0.05) is 34.1 Å². The highest BCUT2D eigenvalue weighted by atomic mass is 32.2. The van der Waals surface area contributed by atoms with Crippen molar-refractivity contribution in [2.24, 2.45) is 5.84 Å². The van der Waals surface area contributed by atoms with Crippen LogP contribution in [0.1, 0.15) is 5.56 Å². The van der Waals surface area contributed by atoms with E-state index in [2.05, 4.69) is 5.43 Å². The number of halogens is 2. The van der Waals surface area contributed by atoms with Crippen molar-refractivity contribution in [2.75, 3.05) is 17.3 Å². The Morgan fingerprint density at radius 3 is 2.61 bits per heavy atom. The molecule has 1 fully saturated rings. The molecule has 18 heavy (non-hydrogen) atoms. The van der Waals surface area contributed by atoms with Crippen molar-refractivity contribution in [3.8, 4) is 0 Å². The van der Waals surface area contributed by atoms with E-state index >= 15 is 0 Å². The third-order valence-corrected chi connectivity index (χ3v) is 5.91. The van der Waals surface area contributed by atoms with Gasteiger partial charge >= 0.3 is 0 Å². The molecule has 2 nitrogen and oxygen atoms in total. The van der Waals surface area contributed by atoms with E-state index in [1.165, 1.54) is 18.2 Å². The van der Waals surface area contributed by atoms with Crippen LogP contribution in [0, 0.1) is 11.6 Å². The van der Waals surface area contributed by atoms with Crippen molar-refractivity contribution < 1.29 is 8.78 Å². The normalized spacial score (nSPS) is 21.8. The first-order valence-corrected chi connectivity index (χ1v) is 8.01. The molecule has 0 bridgehead atoms. The van der Waals surface area contributed by atoms with E-state index < -0.39 is 11.6 Å². The Bertz CT molecular complexity index is 377. The van der Waals surface area contributed by atoms with Crippen LogP contribution in [-0.2, 0) is 6.42 Å². The van der Waals surface area contributed by atoms with Crippen LogP contribution in [0.15, 0.2) is 18.2 Å². The summed E-state index contributed by atoms with van der Waals surface area (Å²) in [5.74, 6) is 7.70. The lowest BCUT2D eigenvalue weighted by atomic mass is 10.0. The van der Waals surface area contributed by atoms with Gasteiger partial charge in [0.25, 0.3) is 0 Å². The molecule has 0 spiro atoms. The van der Waals surface area contributed by atoms with E-state index in [1.807, 2.05) is 23.5 Å². The summed E-state index contributed by atoms with van der Waals surface area (Å²) in [6.07, 6.45) is 0.285. The lowest BCUT2D eigenvalue weighted by Gasteiger charge is -2.29. The Morgan fingerprint density at radius 1 is 1.33 bits per heavy atom. The minimum atomic E-state index is -0.497. The predicted molar refractivity (Wildman–Crippen MR) is 74.7 cm³/mol. The fourth-order valence-corrected chi connectivity index (χ4v) is 4.85. The molecule has 1 aliphatic rings. The molecule has 1 saturated heterocycles. The van der Waals surface area contributed by atoms with Gasteiger partial charge in [-0.3, -0.25) is 11.3 Å². The number of nitrogens with one attached hydrogen (secondary N) is 1. The average Bonchev–Trinajstić information content (AvgIpc) is 2.40. The van der Waals surface area contributed by atoms with E-state index in [0.717, 1.165) is 17.3 Å². The van der Waals surface area contributed by atoms with Crippen LogP contribution >= 0.6 is 23.5 Å². The van der Waals surface area contributed by atoms with Crippen LogP contribution in [0.25, 0.3) is 0 Å². The molecule has 1 aromatic carbocycles. The molecule has 2 atom stereocenters. The van der Waals surface area contributed by atoms with Gasteiger partial charge in [-0.25, -0.2) is 8.78 Å². The summed E-state index contributed by atoms with van der Waals surface area (Å²) in [7, 11) is 0. The topological polar surface area (TPSA) is 38.0 Å². The highest BCUT2D eigenvalue weighted by molar-refractivity contribution is 8.06. The fourth-order valence-electron chi connectivity index (χ4n) is 1.98. The summed E-state index contributed by atoms with van der Waals surface area (Å²) in [6.45, 7) is 0. The largest absolute Gasteiger partial charge is 0.271 e. The minimum Gasteiger partial charge on any atom is -0.271 e. The molecule has 1 aromatic rings. The fraction of sp³-hybridized carbons (Fsp3) is 0.500. The van der Waals surface area contributed by atoms with Gasteiger partial charge in [-0.15, -0.1) is 0 Å². The van der Waals surface area contributed by atoms with Gasteiger partial charge in [-0.1, -0.05) is 6.07 Å². The van der Waals surface area contributed by atoms with E-state index in [0.29, 0.717) is 5.25 Å². The van der Waals surface area contributed by atoms with Gasteiger partial charge in [0.1, 0.15) is 11.6 Å². The molecule has 0 saturated carbocycles. The van der Waals surface area contributed by atoms with E-state index in [-0.39, 0.29) is 18.0 Å². The molecule has 6 heteroatoms. The molecule has 2 unspecified atom stereocenters. The summed E-state index contributed by atoms with van der Waals surface area (Å²) in [5.41, 5.74) is 2.83. The van der Waals surface area contributed by atoms with Gasteiger partial charge in [-0.05, 0) is 18.6 Å². The van der Waals surface area contributed by atoms with E-state index in [9.17, 15) is 8.78 Å². The van der Waals surface area contributed by atoms with Crippen molar-refractivity contribution in [2.45, 2.75) is 17.7 Å². The number of hydrogen-bond donors (Lipinski definition) is 2. The Kier molecular flexibility index (Phi) is 5.29. The quantitative estimate of drug-likeness (QED) is 0.658. The molecule has 100 valence electrons. The van der Waals surface area contributed by atoms with Gasteiger partial charge in [0.2, 0.25) is 0 Å². The van der Waals surface area contributed by atoms with Gasteiger partial charge < -0.3 is 0 Å². The lowest BCUT2D eigenvalue weighted by molar-refractivity contribution is 0.485. The molecule has 0 amide bonds. The van der Waals surface area contributed by atoms with Crippen LogP contribution < -0.4 is 11.3 Å². The van der Waals surface area contributed by atoms with Crippen LogP contribution in [0.5, 0.6) is 0 Å². The summed E-state index contributed by atoms with van der Waals surface area (Å²) in [5, 5.41) is 0.299. The Balaban J connectivity index is 2.09. The van der Waals surface area contributed by atoms with Gasteiger partial charge in [0.05, 0.1) is 0 Å². The Labute approximate surface area is 114 Å². The van der Waals surface area contributed by atoms with Crippen molar-refractivity contribution in [1.29, 1.82) is 0 Å². The first-order valence-electron chi connectivity index (χ1n) is 5.80. The van der Waals surface area contributed by atoms with Crippen LogP contribution in [0.2, 0.25) is 0 Å². The number of thioether (sulfide) groups is 2. The second-order valence-electron chi connectivity index (χ2n) is 4.16. The molecule has 3 N–H and O–H groups in total. The zero-order valence-corrected chi connectivity index (χ0v) is 11.5. The summed E-state index contributed by atoms with van der Waals surface area (Å²) in [6, 6.07) is 3.85. The molecular weight excluding hydrogens is 274 g/mol. The average molecular weight is 290 g/mol. The van der Waals surface area contributed by atoms with Crippen molar-refractivity contribution in [3.63, 3.8) is 0 Å². The van der Waals surface area contributed by atoms with Gasteiger partial charge in [-0.2, -0.15) is 23.5 Å². The third-order valence-electron chi connectivity index (χ3n) is 2.99. The van der Waals surface area contributed by atoms with E-state index in [1.54, 1.807) is 0 Å². The zero-order valence-electron chi connectivity index (χ0n) is 9.86. The Morgan fingerprint density at radius 2 is 2.06 bits per heavy atom. The summed E-state index contributed by atoms with van der Waals surface area (Å²) in [4.78, 5) is 0. The highest BCUT2D eigenvalue weighted by Gasteiger charge is 2.25. The van der Waals surface area contributed by atoms with Crippen LogP contribution in [0.3, 0.4) is 0 Å². The number of hydrogen-bond acceptors (Lipinski definition) is 4. The number of benzene rings is 1. The molecule has 1 aliphatic heterocycles. The minimum absolute atomic E-state index is 0.103. The van der Waals surface area contributed by atoms with Crippen LogP contribution in [-0.4, -0.2) is 28.6 Å².